The van der Waals surface area contributed by atoms with E-state index in [1.807, 2.05) is 13.8 Å². The normalized spacial score (nSPS) is 10.6. The van der Waals surface area contributed by atoms with Crippen LogP contribution in [0, 0.1) is 5.92 Å². The molecule has 0 spiro atoms. The molecule has 0 fully saturated rings. The Morgan fingerprint density at radius 2 is 2.18 bits per heavy atom. The molecule has 0 aliphatic rings. The minimum Gasteiger partial charge on any atom is -0.465 e. The average Bonchev–Trinajstić information content (AvgIpc) is 2.27. The third-order valence-corrected chi connectivity index (χ3v) is 2.31. The molecule has 1 heterocycles. The Bertz CT molecular complexity index is 440. The third kappa shape index (κ3) is 5.04. The van der Waals surface area contributed by atoms with E-state index in [9.17, 15) is 9.59 Å². The van der Waals surface area contributed by atoms with Crippen LogP contribution in [0.3, 0.4) is 0 Å². The molecule has 0 aromatic carbocycles. The van der Waals surface area contributed by atoms with Gasteiger partial charge in [-0.05, 0) is 12.0 Å². The lowest BCUT2D eigenvalue weighted by atomic mass is 10.2. The van der Waals surface area contributed by atoms with E-state index < -0.39 is 0 Å². The van der Waals surface area contributed by atoms with Crippen LogP contribution in [0.15, 0.2) is 23.1 Å². The molecular weight excluding hydrogens is 242 g/mol. The molecule has 0 aliphatic carbocycles. The molecule has 0 atom stereocenters. The Labute approximate surface area is 105 Å². The smallest absolute Gasteiger partial charge is 0.307 e. The predicted molar refractivity (Wildman–Crippen MR) is 66.1 cm³/mol. The lowest BCUT2D eigenvalue weighted by molar-refractivity contribution is -0.145. The Morgan fingerprint density at radius 1 is 1.47 bits per heavy atom. The molecule has 4 nitrogen and oxygen atoms in total. The number of aromatic nitrogens is 1. The number of carbonyl (C=O) groups is 1. The zero-order valence-corrected chi connectivity index (χ0v) is 10.7. The summed E-state index contributed by atoms with van der Waals surface area (Å²) in [6.07, 6.45) is 1.69. The molecule has 0 unspecified atom stereocenters. The predicted octanol–water partition coefficient (Wildman–Crippen LogP) is 2.09. The molecule has 5 heteroatoms. The number of nitrogens with zero attached hydrogens (tertiary/aromatic N) is 1. The van der Waals surface area contributed by atoms with Gasteiger partial charge in [0.25, 0.3) is 5.56 Å². The standard InChI is InChI=1S/C12H16ClNO3/c1-9(2)8-17-12(16)5-6-14-7-10(13)3-4-11(14)15/h3-4,7,9H,5-6,8H2,1-2H3. The van der Waals surface area contributed by atoms with Crippen molar-refractivity contribution in [3.8, 4) is 0 Å². The molecule has 1 aromatic rings. The van der Waals surface area contributed by atoms with Gasteiger partial charge in [0.1, 0.15) is 0 Å². The van der Waals surface area contributed by atoms with E-state index in [0.29, 0.717) is 17.5 Å². The van der Waals surface area contributed by atoms with Crippen LogP contribution in [0.1, 0.15) is 20.3 Å². The molecule has 94 valence electrons. The van der Waals surface area contributed by atoms with Gasteiger partial charge in [0, 0.05) is 18.8 Å². The highest BCUT2D eigenvalue weighted by molar-refractivity contribution is 6.30. The summed E-state index contributed by atoms with van der Waals surface area (Å²) in [5, 5.41) is 0.472. The number of esters is 1. The molecule has 0 amide bonds. The Balaban J connectivity index is 2.47. The maximum absolute atomic E-state index is 11.4. The Morgan fingerprint density at radius 3 is 2.82 bits per heavy atom. The lowest BCUT2D eigenvalue weighted by Gasteiger charge is -2.08. The van der Waals surface area contributed by atoms with Crippen molar-refractivity contribution in [2.24, 2.45) is 5.92 Å². The summed E-state index contributed by atoms with van der Waals surface area (Å²) in [6.45, 7) is 4.63. The highest BCUT2D eigenvalue weighted by atomic mass is 35.5. The van der Waals surface area contributed by atoms with Crippen molar-refractivity contribution in [2.75, 3.05) is 6.61 Å². The van der Waals surface area contributed by atoms with Crippen LogP contribution < -0.4 is 5.56 Å². The van der Waals surface area contributed by atoms with Gasteiger partial charge < -0.3 is 9.30 Å². The monoisotopic (exact) mass is 257 g/mol. The molecular formula is C12H16ClNO3. The topological polar surface area (TPSA) is 48.3 Å². The van der Waals surface area contributed by atoms with Crippen LogP contribution >= 0.6 is 11.6 Å². The van der Waals surface area contributed by atoms with E-state index in [2.05, 4.69) is 0 Å². The lowest BCUT2D eigenvalue weighted by Crippen LogP contribution is -2.21. The first-order valence-electron chi connectivity index (χ1n) is 5.50. The summed E-state index contributed by atoms with van der Waals surface area (Å²) >= 11 is 5.76. The maximum atomic E-state index is 11.4. The Kier molecular flexibility index (Phi) is 5.22. The van der Waals surface area contributed by atoms with Crippen LogP contribution in [-0.2, 0) is 16.1 Å². The highest BCUT2D eigenvalue weighted by Gasteiger charge is 2.05. The van der Waals surface area contributed by atoms with Crippen molar-refractivity contribution in [3.05, 3.63) is 33.7 Å². The van der Waals surface area contributed by atoms with E-state index >= 15 is 0 Å². The number of rotatable bonds is 5. The number of carbonyl (C=O) groups excluding carboxylic acids is 1. The average molecular weight is 258 g/mol. The van der Waals surface area contributed by atoms with Gasteiger partial charge in [-0.3, -0.25) is 9.59 Å². The zero-order valence-electron chi connectivity index (χ0n) is 9.98. The second-order valence-corrected chi connectivity index (χ2v) is 4.64. The number of aryl methyl sites for hydroxylation is 1. The second kappa shape index (κ2) is 6.45. The van der Waals surface area contributed by atoms with Gasteiger partial charge in [-0.25, -0.2) is 0 Å². The van der Waals surface area contributed by atoms with Crippen molar-refractivity contribution < 1.29 is 9.53 Å². The molecule has 0 bridgehead atoms. The summed E-state index contributed by atoms with van der Waals surface area (Å²) in [6, 6.07) is 2.90. The van der Waals surface area contributed by atoms with Crippen molar-refractivity contribution in [1.29, 1.82) is 0 Å². The van der Waals surface area contributed by atoms with Crippen LogP contribution in [0.5, 0.6) is 0 Å². The van der Waals surface area contributed by atoms with E-state index in [4.69, 9.17) is 16.3 Å². The first-order valence-corrected chi connectivity index (χ1v) is 5.88. The van der Waals surface area contributed by atoms with Gasteiger partial charge in [-0.15, -0.1) is 0 Å². The largest absolute Gasteiger partial charge is 0.465 e. The van der Waals surface area contributed by atoms with E-state index in [0.717, 1.165) is 0 Å². The van der Waals surface area contributed by atoms with Gasteiger partial charge in [-0.1, -0.05) is 25.4 Å². The van der Waals surface area contributed by atoms with E-state index in [1.165, 1.54) is 22.9 Å². The summed E-state index contributed by atoms with van der Waals surface area (Å²) < 4.78 is 6.41. The maximum Gasteiger partial charge on any atom is 0.307 e. The van der Waals surface area contributed by atoms with Crippen molar-refractivity contribution in [1.82, 2.24) is 4.57 Å². The fraction of sp³-hybridized carbons (Fsp3) is 0.500. The SMILES string of the molecule is CC(C)COC(=O)CCn1cc(Cl)ccc1=O. The number of pyridine rings is 1. The fourth-order valence-electron chi connectivity index (χ4n) is 1.22. The number of halogens is 1. The fourth-order valence-corrected chi connectivity index (χ4v) is 1.40. The van der Waals surface area contributed by atoms with Crippen molar-refractivity contribution in [3.63, 3.8) is 0 Å². The van der Waals surface area contributed by atoms with Gasteiger partial charge in [0.2, 0.25) is 0 Å². The second-order valence-electron chi connectivity index (χ2n) is 4.21. The Hall–Kier alpha value is -1.29. The van der Waals surface area contributed by atoms with Gasteiger partial charge in [-0.2, -0.15) is 0 Å². The van der Waals surface area contributed by atoms with E-state index in [-0.39, 0.29) is 24.5 Å². The molecule has 0 aliphatic heterocycles. The van der Waals surface area contributed by atoms with Crippen LogP contribution in [0.2, 0.25) is 5.02 Å². The zero-order chi connectivity index (χ0) is 12.8. The van der Waals surface area contributed by atoms with E-state index in [1.54, 1.807) is 0 Å². The highest BCUT2D eigenvalue weighted by Crippen LogP contribution is 2.04. The van der Waals surface area contributed by atoms with Gasteiger partial charge in [0.15, 0.2) is 0 Å². The van der Waals surface area contributed by atoms with Crippen molar-refractivity contribution in [2.45, 2.75) is 26.8 Å². The third-order valence-electron chi connectivity index (χ3n) is 2.08. The first kappa shape index (κ1) is 13.8. The summed E-state index contributed by atoms with van der Waals surface area (Å²) in [4.78, 5) is 22.7. The molecule has 17 heavy (non-hydrogen) atoms. The van der Waals surface area contributed by atoms with Crippen molar-refractivity contribution >= 4 is 17.6 Å². The number of hydrogen-bond acceptors (Lipinski definition) is 3. The van der Waals surface area contributed by atoms with Crippen LogP contribution in [0.25, 0.3) is 0 Å². The molecule has 1 rings (SSSR count). The summed E-state index contributed by atoms with van der Waals surface area (Å²) in [5.74, 6) is 0.0124. The van der Waals surface area contributed by atoms with Crippen LogP contribution in [-0.4, -0.2) is 17.1 Å². The number of hydrogen-bond donors (Lipinski definition) is 0. The quantitative estimate of drug-likeness (QED) is 0.759. The molecule has 1 aromatic heterocycles. The first-order chi connectivity index (χ1) is 7.99. The van der Waals surface area contributed by atoms with Gasteiger partial charge in [0.05, 0.1) is 18.1 Å². The van der Waals surface area contributed by atoms with Gasteiger partial charge >= 0.3 is 5.97 Å². The number of ether oxygens (including phenoxy) is 1. The molecule has 0 saturated heterocycles. The van der Waals surface area contributed by atoms with Crippen LogP contribution in [0.4, 0.5) is 0 Å². The summed E-state index contributed by atoms with van der Waals surface area (Å²) in [5.41, 5.74) is -0.175. The minimum atomic E-state index is -0.300. The molecule has 0 saturated carbocycles. The minimum absolute atomic E-state index is 0.174. The molecule has 0 N–H and O–H groups in total. The summed E-state index contributed by atoms with van der Waals surface area (Å²) in [7, 11) is 0. The molecule has 0 radical (unpaired) electrons.